The molecule has 0 saturated carbocycles. The van der Waals surface area contributed by atoms with Crippen LogP contribution in [0.3, 0.4) is 0 Å². The number of esters is 1. The Labute approximate surface area is 182 Å². The quantitative estimate of drug-likeness (QED) is 0.420. The average Bonchev–Trinajstić information content (AvgIpc) is 3.38. The fourth-order valence-electron chi connectivity index (χ4n) is 3.70. The summed E-state index contributed by atoms with van der Waals surface area (Å²) in [4.78, 5) is 24.3. The zero-order valence-electron chi connectivity index (χ0n) is 18.1. The second kappa shape index (κ2) is 10.1. The lowest BCUT2D eigenvalue weighted by atomic mass is 10.1. The lowest BCUT2D eigenvalue weighted by Gasteiger charge is -2.11. The summed E-state index contributed by atoms with van der Waals surface area (Å²) in [5.41, 5.74) is 4.05. The summed E-state index contributed by atoms with van der Waals surface area (Å²) in [5, 5.41) is 12.3. The van der Waals surface area contributed by atoms with Gasteiger partial charge in [-0.2, -0.15) is 5.26 Å². The molecule has 3 rings (SSSR count). The van der Waals surface area contributed by atoms with E-state index in [4.69, 9.17) is 9.47 Å². The number of amides is 1. The van der Waals surface area contributed by atoms with E-state index in [2.05, 4.69) is 5.32 Å². The monoisotopic (exact) mass is 421 g/mol. The molecule has 7 heteroatoms. The van der Waals surface area contributed by atoms with E-state index >= 15 is 0 Å². The van der Waals surface area contributed by atoms with Crippen molar-refractivity contribution in [2.24, 2.45) is 0 Å². The average molecular weight is 421 g/mol. The van der Waals surface area contributed by atoms with Crippen molar-refractivity contribution >= 4 is 18.0 Å². The Hall–Kier alpha value is -3.37. The normalized spacial score (nSPS) is 16.1. The van der Waals surface area contributed by atoms with Crippen LogP contribution < -0.4 is 5.32 Å². The van der Waals surface area contributed by atoms with Gasteiger partial charge in [0.1, 0.15) is 11.6 Å². The van der Waals surface area contributed by atoms with Gasteiger partial charge in [-0.05, 0) is 75.6 Å². The van der Waals surface area contributed by atoms with Crippen LogP contribution in [-0.4, -0.2) is 42.3 Å². The maximum absolute atomic E-state index is 12.5. The van der Waals surface area contributed by atoms with Crippen molar-refractivity contribution in [3.05, 3.63) is 58.4 Å². The Morgan fingerprint density at radius 3 is 2.68 bits per heavy atom. The highest BCUT2D eigenvalue weighted by molar-refractivity contribution is 6.01. The van der Waals surface area contributed by atoms with Crippen molar-refractivity contribution in [2.45, 2.75) is 39.7 Å². The van der Waals surface area contributed by atoms with Crippen LogP contribution in [0, 0.1) is 25.2 Å². The number of carbonyl (C=O) groups is 2. The minimum atomic E-state index is -0.401. The number of nitriles is 1. The van der Waals surface area contributed by atoms with Crippen molar-refractivity contribution < 1.29 is 19.1 Å². The van der Waals surface area contributed by atoms with Crippen molar-refractivity contribution in [1.29, 1.82) is 5.26 Å². The zero-order chi connectivity index (χ0) is 22.4. The second-order valence-corrected chi connectivity index (χ2v) is 7.44. The van der Waals surface area contributed by atoms with Crippen molar-refractivity contribution in [1.82, 2.24) is 9.88 Å². The molecule has 1 fully saturated rings. The van der Waals surface area contributed by atoms with Crippen LogP contribution in [0.25, 0.3) is 11.8 Å². The fraction of sp³-hybridized carbons (Fsp3) is 0.375. The number of aromatic nitrogens is 1. The van der Waals surface area contributed by atoms with Gasteiger partial charge in [-0.15, -0.1) is 0 Å². The Morgan fingerprint density at radius 1 is 1.32 bits per heavy atom. The van der Waals surface area contributed by atoms with Crippen LogP contribution >= 0.6 is 0 Å². The van der Waals surface area contributed by atoms with E-state index < -0.39 is 5.91 Å². The molecule has 0 bridgehead atoms. The maximum Gasteiger partial charge on any atom is 0.338 e. The van der Waals surface area contributed by atoms with Crippen LogP contribution in [0.15, 0.2) is 35.9 Å². The smallest absolute Gasteiger partial charge is 0.338 e. The van der Waals surface area contributed by atoms with Gasteiger partial charge in [0.2, 0.25) is 0 Å². The predicted molar refractivity (Wildman–Crippen MR) is 117 cm³/mol. The SMILES string of the molecule is CCOC(=O)c1ccc(-n2c(C)cc(/C=C(\C#N)C(=O)NC[C@H]3CCCO3)c2C)cc1. The van der Waals surface area contributed by atoms with E-state index in [1.807, 2.05) is 42.7 Å². The van der Waals surface area contributed by atoms with Crippen molar-refractivity contribution in [2.75, 3.05) is 19.8 Å². The molecule has 0 radical (unpaired) electrons. The fourth-order valence-corrected chi connectivity index (χ4v) is 3.70. The molecule has 1 amide bonds. The molecule has 0 spiro atoms. The molecule has 0 unspecified atom stereocenters. The van der Waals surface area contributed by atoms with Gasteiger partial charge in [0.25, 0.3) is 5.91 Å². The van der Waals surface area contributed by atoms with Crippen LogP contribution in [0.2, 0.25) is 0 Å². The molecule has 1 N–H and O–H groups in total. The minimum Gasteiger partial charge on any atom is -0.462 e. The molecule has 31 heavy (non-hydrogen) atoms. The first-order valence-corrected chi connectivity index (χ1v) is 10.4. The standard InChI is InChI=1S/C24H27N3O4/c1-4-30-24(29)18-7-9-21(10-8-18)27-16(2)12-19(17(27)3)13-20(14-25)23(28)26-15-22-6-5-11-31-22/h7-10,12-13,22H,4-6,11,15H2,1-3H3,(H,26,28)/b20-13+/t22-/m1/s1. The molecule has 1 aromatic heterocycles. The lowest BCUT2D eigenvalue weighted by molar-refractivity contribution is -0.117. The maximum atomic E-state index is 12.5. The predicted octanol–water partition coefficient (Wildman–Crippen LogP) is 3.47. The molecule has 162 valence electrons. The Morgan fingerprint density at radius 2 is 2.06 bits per heavy atom. The van der Waals surface area contributed by atoms with E-state index in [9.17, 15) is 14.9 Å². The molecule has 1 aliphatic rings. The van der Waals surface area contributed by atoms with Crippen LogP contribution in [-0.2, 0) is 14.3 Å². The summed E-state index contributed by atoms with van der Waals surface area (Å²) < 4.78 is 12.5. The number of nitrogens with zero attached hydrogens (tertiary/aromatic N) is 2. The minimum absolute atomic E-state index is 0.0199. The topological polar surface area (TPSA) is 93.4 Å². The Bertz CT molecular complexity index is 1020. The van der Waals surface area contributed by atoms with Gasteiger partial charge in [0.05, 0.1) is 18.3 Å². The molecule has 2 aromatic rings. The molecule has 1 aromatic carbocycles. The molecule has 7 nitrogen and oxygen atoms in total. The number of rotatable bonds is 7. The first kappa shape index (κ1) is 22.3. The molecule has 1 saturated heterocycles. The first-order valence-electron chi connectivity index (χ1n) is 10.4. The highest BCUT2D eigenvalue weighted by Gasteiger charge is 2.18. The summed E-state index contributed by atoms with van der Waals surface area (Å²) in [6.45, 7) is 7.10. The molecule has 1 atom stereocenters. The molecular formula is C24H27N3O4. The van der Waals surface area contributed by atoms with Gasteiger partial charge in [0, 0.05) is 30.2 Å². The number of nitrogens with one attached hydrogen (secondary N) is 1. The van der Waals surface area contributed by atoms with Crippen LogP contribution in [0.1, 0.15) is 47.1 Å². The third-order valence-corrected chi connectivity index (χ3v) is 5.29. The third-order valence-electron chi connectivity index (χ3n) is 5.29. The van der Waals surface area contributed by atoms with Gasteiger partial charge in [-0.1, -0.05) is 0 Å². The van der Waals surface area contributed by atoms with E-state index in [1.54, 1.807) is 25.1 Å². The van der Waals surface area contributed by atoms with E-state index in [-0.39, 0.29) is 17.6 Å². The number of ether oxygens (including phenoxy) is 2. The Balaban J connectivity index is 1.80. The second-order valence-electron chi connectivity index (χ2n) is 7.44. The molecule has 1 aliphatic heterocycles. The summed E-state index contributed by atoms with van der Waals surface area (Å²) in [6.07, 6.45) is 3.54. The molecule has 0 aliphatic carbocycles. The van der Waals surface area contributed by atoms with Gasteiger partial charge >= 0.3 is 5.97 Å². The highest BCUT2D eigenvalue weighted by atomic mass is 16.5. The van der Waals surface area contributed by atoms with E-state index in [0.29, 0.717) is 25.3 Å². The van der Waals surface area contributed by atoms with Crippen LogP contribution in [0.4, 0.5) is 0 Å². The van der Waals surface area contributed by atoms with Gasteiger partial charge in [-0.25, -0.2) is 4.79 Å². The zero-order valence-corrected chi connectivity index (χ0v) is 18.1. The lowest BCUT2D eigenvalue weighted by Crippen LogP contribution is -2.32. The summed E-state index contributed by atoms with van der Waals surface area (Å²) >= 11 is 0. The summed E-state index contributed by atoms with van der Waals surface area (Å²) in [5.74, 6) is -0.757. The Kier molecular flexibility index (Phi) is 7.27. The van der Waals surface area contributed by atoms with Gasteiger partial charge in [-0.3, -0.25) is 4.79 Å². The number of benzene rings is 1. The summed E-state index contributed by atoms with van der Waals surface area (Å²) in [6, 6.07) is 11.1. The number of hydrogen-bond donors (Lipinski definition) is 1. The first-order chi connectivity index (χ1) is 14.9. The van der Waals surface area contributed by atoms with E-state index in [0.717, 1.165) is 35.5 Å². The summed E-state index contributed by atoms with van der Waals surface area (Å²) in [7, 11) is 0. The van der Waals surface area contributed by atoms with Crippen molar-refractivity contribution in [3.8, 4) is 11.8 Å². The number of aryl methyl sites for hydroxylation is 1. The third kappa shape index (κ3) is 5.22. The number of carbonyl (C=O) groups excluding carboxylic acids is 2. The van der Waals surface area contributed by atoms with Crippen molar-refractivity contribution in [3.63, 3.8) is 0 Å². The molecule has 2 heterocycles. The van der Waals surface area contributed by atoms with Gasteiger partial charge in [0.15, 0.2) is 0 Å². The number of hydrogen-bond acceptors (Lipinski definition) is 5. The largest absolute Gasteiger partial charge is 0.462 e. The highest BCUT2D eigenvalue weighted by Crippen LogP contribution is 2.23. The van der Waals surface area contributed by atoms with Crippen LogP contribution in [0.5, 0.6) is 0 Å². The van der Waals surface area contributed by atoms with E-state index in [1.165, 1.54) is 0 Å². The molecular weight excluding hydrogens is 394 g/mol. The van der Waals surface area contributed by atoms with Gasteiger partial charge < -0.3 is 19.4 Å².